The van der Waals surface area contributed by atoms with Gasteiger partial charge in [-0.15, -0.1) is 0 Å². The van der Waals surface area contributed by atoms with Crippen LogP contribution in [0.4, 0.5) is 8.78 Å². The number of aliphatic hydroxyl groups excluding tert-OH is 1. The molecule has 1 fully saturated rings. The summed E-state index contributed by atoms with van der Waals surface area (Å²) in [6.45, 7) is 0.476. The fourth-order valence-electron chi connectivity index (χ4n) is 1.99. The van der Waals surface area contributed by atoms with Gasteiger partial charge in [0.05, 0.1) is 10.6 Å². The fourth-order valence-corrected chi connectivity index (χ4v) is 2.22. The van der Waals surface area contributed by atoms with E-state index in [0.717, 1.165) is 25.0 Å². The van der Waals surface area contributed by atoms with Gasteiger partial charge in [-0.3, -0.25) is 4.79 Å². The molecule has 2 rings (SSSR count). The van der Waals surface area contributed by atoms with Crippen LogP contribution in [0.15, 0.2) is 12.1 Å². The van der Waals surface area contributed by atoms with Crippen LogP contribution in [0.1, 0.15) is 29.6 Å². The van der Waals surface area contributed by atoms with Gasteiger partial charge in [0.2, 0.25) is 0 Å². The molecule has 1 aliphatic carbocycles. The predicted octanol–water partition coefficient (Wildman–Crippen LogP) is 2.51. The van der Waals surface area contributed by atoms with Crippen molar-refractivity contribution in [2.45, 2.75) is 19.3 Å². The summed E-state index contributed by atoms with van der Waals surface area (Å²) in [6.07, 6.45) is 2.51. The quantitative estimate of drug-likeness (QED) is 0.818. The molecule has 0 unspecified atom stereocenters. The molecular formula is C13H14ClF2NO2. The smallest absolute Gasteiger partial charge is 0.252 e. The van der Waals surface area contributed by atoms with E-state index in [9.17, 15) is 13.6 Å². The minimum Gasteiger partial charge on any atom is -0.396 e. The molecule has 1 aromatic rings. The van der Waals surface area contributed by atoms with Crippen LogP contribution in [0.2, 0.25) is 5.02 Å². The second-order valence-corrected chi connectivity index (χ2v) is 5.31. The van der Waals surface area contributed by atoms with Crippen molar-refractivity contribution >= 4 is 17.5 Å². The second kappa shape index (κ2) is 5.43. The molecule has 1 saturated carbocycles. The Hall–Kier alpha value is -1.20. The van der Waals surface area contributed by atoms with Crippen molar-refractivity contribution in [3.8, 4) is 0 Å². The average Bonchev–Trinajstić information content (AvgIpc) is 3.12. The highest BCUT2D eigenvalue weighted by Gasteiger charge is 2.42. The number of hydrogen-bond acceptors (Lipinski definition) is 2. The van der Waals surface area contributed by atoms with Gasteiger partial charge in [0.25, 0.3) is 5.91 Å². The first-order valence-corrected chi connectivity index (χ1v) is 6.39. The van der Waals surface area contributed by atoms with Crippen LogP contribution in [-0.2, 0) is 0 Å². The van der Waals surface area contributed by atoms with Gasteiger partial charge in [0.1, 0.15) is 0 Å². The Morgan fingerprint density at radius 3 is 2.58 bits per heavy atom. The van der Waals surface area contributed by atoms with Gasteiger partial charge in [0, 0.05) is 13.2 Å². The maximum absolute atomic E-state index is 13.1. The van der Waals surface area contributed by atoms with Gasteiger partial charge in [0.15, 0.2) is 11.6 Å². The standard InChI is InChI=1S/C13H14ClF2NO2/c14-9-6-11(16)10(15)5-8(9)12(19)17-7-13(1-2-13)3-4-18/h5-6,18H,1-4,7H2,(H,17,19). The normalized spacial score (nSPS) is 16.2. The van der Waals surface area contributed by atoms with Crippen molar-refractivity contribution in [2.24, 2.45) is 5.41 Å². The van der Waals surface area contributed by atoms with Gasteiger partial charge in [-0.25, -0.2) is 8.78 Å². The molecule has 104 valence electrons. The Balaban J connectivity index is 2.02. The van der Waals surface area contributed by atoms with Crippen molar-refractivity contribution in [3.05, 3.63) is 34.4 Å². The Labute approximate surface area is 114 Å². The van der Waals surface area contributed by atoms with Gasteiger partial charge in [-0.1, -0.05) is 11.6 Å². The van der Waals surface area contributed by atoms with Crippen molar-refractivity contribution < 1.29 is 18.7 Å². The van der Waals surface area contributed by atoms with E-state index in [1.807, 2.05) is 0 Å². The van der Waals surface area contributed by atoms with Crippen molar-refractivity contribution in [1.82, 2.24) is 5.32 Å². The molecule has 2 N–H and O–H groups in total. The molecule has 1 aromatic carbocycles. The highest BCUT2D eigenvalue weighted by molar-refractivity contribution is 6.33. The van der Waals surface area contributed by atoms with E-state index in [4.69, 9.17) is 16.7 Å². The number of hydrogen-bond donors (Lipinski definition) is 2. The Bertz CT molecular complexity index is 504. The van der Waals surface area contributed by atoms with Gasteiger partial charge in [-0.05, 0) is 36.8 Å². The molecule has 1 amide bonds. The predicted molar refractivity (Wildman–Crippen MR) is 67.1 cm³/mol. The van der Waals surface area contributed by atoms with Crippen LogP contribution in [0.3, 0.4) is 0 Å². The van der Waals surface area contributed by atoms with Crippen LogP contribution in [-0.4, -0.2) is 24.2 Å². The van der Waals surface area contributed by atoms with E-state index >= 15 is 0 Å². The lowest BCUT2D eigenvalue weighted by Crippen LogP contribution is -2.31. The highest BCUT2D eigenvalue weighted by atomic mass is 35.5. The van der Waals surface area contributed by atoms with Crippen LogP contribution in [0, 0.1) is 17.0 Å². The monoisotopic (exact) mass is 289 g/mol. The first-order valence-electron chi connectivity index (χ1n) is 6.01. The molecule has 0 aliphatic heterocycles. The van der Waals surface area contributed by atoms with Crippen LogP contribution in [0.25, 0.3) is 0 Å². The summed E-state index contributed by atoms with van der Waals surface area (Å²) in [7, 11) is 0. The van der Waals surface area contributed by atoms with Gasteiger partial charge >= 0.3 is 0 Å². The summed E-state index contributed by atoms with van der Waals surface area (Å²) < 4.78 is 26.0. The molecule has 0 radical (unpaired) electrons. The molecule has 0 atom stereocenters. The summed E-state index contributed by atoms with van der Waals surface area (Å²) in [6, 6.07) is 1.57. The number of carbonyl (C=O) groups excluding carboxylic acids is 1. The van der Waals surface area contributed by atoms with Crippen molar-refractivity contribution in [3.63, 3.8) is 0 Å². The summed E-state index contributed by atoms with van der Waals surface area (Å²) in [5.41, 5.74) is -0.129. The number of rotatable bonds is 5. The summed E-state index contributed by atoms with van der Waals surface area (Å²) >= 11 is 5.72. The van der Waals surface area contributed by atoms with Gasteiger partial charge < -0.3 is 10.4 Å². The minimum atomic E-state index is -1.11. The number of benzene rings is 1. The second-order valence-electron chi connectivity index (χ2n) is 4.90. The zero-order valence-electron chi connectivity index (χ0n) is 10.2. The highest BCUT2D eigenvalue weighted by Crippen LogP contribution is 2.47. The molecule has 0 saturated heterocycles. The topological polar surface area (TPSA) is 49.3 Å². The molecule has 1 aliphatic rings. The van der Waals surface area contributed by atoms with E-state index in [1.165, 1.54) is 0 Å². The maximum Gasteiger partial charge on any atom is 0.252 e. The molecule has 3 nitrogen and oxygen atoms in total. The molecule has 6 heteroatoms. The molecule has 0 heterocycles. The lowest BCUT2D eigenvalue weighted by Gasteiger charge is -2.15. The molecular weight excluding hydrogens is 276 g/mol. The van der Waals surface area contributed by atoms with E-state index in [1.54, 1.807) is 0 Å². The lowest BCUT2D eigenvalue weighted by molar-refractivity contribution is 0.0940. The zero-order valence-corrected chi connectivity index (χ0v) is 10.9. The van der Waals surface area contributed by atoms with Crippen molar-refractivity contribution in [1.29, 1.82) is 0 Å². The number of aliphatic hydroxyl groups is 1. The lowest BCUT2D eigenvalue weighted by atomic mass is 10.0. The Morgan fingerprint density at radius 2 is 2.00 bits per heavy atom. The van der Waals surface area contributed by atoms with Crippen molar-refractivity contribution in [2.75, 3.05) is 13.2 Å². The van der Waals surface area contributed by atoms with Crippen LogP contribution >= 0.6 is 11.6 Å². The van der Waals surface area contributed by atoms with Gasteiger partial charge in [-0.2, -0.15) is 0 Å². The first-order chi connectivity index (χ1) is 8.97. The average molecular weight is 290 g/mol. The summed E-state index contributed by atoms with van der Waals surface area (Å²) in [4.78, 5) is 11.9. The minimum absolute atomic E-state index is 0.0462. The van der Waals surface area contributed by atoms with E-state index in [0.29, 0.717) is 13.0 Å². The number of carbonyl (C=O) groups is 1. The maximum atomic E-state index is 13.1. The van der Waals surface area contributed by atoms with Crippen LogP contribution in [0.5, 0.6) is 0 Å². The third-order valence-electron chi connectivity index (χ3n) is 3.48. The van der Waals surface area contributed by atoms with E-state index < -0.39 is 17.5 Å². The third-order valence-corrected chi connectivity index (χ3v) is 3.79. The Morgan fingerprint density at radius 1 is 1.37 bits per heavy atom. The fraction of sp³-hybridized carbons (Fsp3) is 0.462. The largest absolute Gasteiger partial charge is 0.396 e. The third kappa shape index (κ3) is 3.22. The zero-order chi connectivity index (χ0) is 14.0. The SMILES string of the molecule is O=C(NCC1(CCO)CC1)c1cc(F)c(F)cc1Cl. The molecule has 0 aromatic heterocycles. The summed E-state index contributed by atoms with van der Waals surface area (Å²) in [5, 5.41) is 11.4. The Kier molecular flexibility index (Phi) is 4.06. The molecule has 0 bridgehead atoms. The number of halogens is 3. The van der Waals surface area contributed by atoms with E-state index in [2.05, 4.69) is 5.32 Å². The van der Waals surface area contributed by atoms with Crippen LogP contribution < -0.4 is 5.32 Å². The number of amides is 1. The number of nitrogens with one attached hydrogen (secondary N) is 1. The first kappa shape index (κ1) is 14.2. The molecule has 19 heavy (non-hydrogen) atoms. The molecule has 0 spiro atoms. The van der Waals surface area contributed by atoms with E-state index in [-0.39, 0.29) is 22.6 Å². The summed E-state index contributed by atoms with van der Waals surface area (Å²) in [5.74, 6) is -2.72.